The van der Waals surface area contributed by atoms with Crippen LogP contribution in [0.2, 0.25) is 0 Å². The van der Waals surface area contributed by atoms with E-state index in [4.69, 9.17) is 9.47 Å². The van der Waals surface area contributed by atoms with Crippen LogP contribution < -0.4 is 9.47 Å². The van der Waals surface area contributed by atoms with Crippen LogP contribution in [0.15, 0.2) is 81.4 Å². The molecule has 0 atom stereocenters. The molecule has 1 aliphatic heterocycles. The van der Waals surface area contributed by atoms with Crippen LogP contribution in [0.3, 0.4) is 0 Å². The largest absolute Gasteiger partial charge is 0.452 e. The topological polar surface area (TPSA) is 52.6 Å². The fraction of sp³-hybridized carbons (Fsp3) is 0. The number of benzene rings is 3. The third-order valence-electron chi connectivity index (χ3n) is 4.12. The molecule has 0 N–H and O–H groups in total. The van der Waals surface area contributed by atoms with Gasteiger partial charge in [-0.15, -0.1) is 0 Å². The third kappa shape index (κ3) is 3.79. The maximum Gasteiger partial charge on any atom is 0.343 e. The highest BCUT2D eigenvalue weighted by molar-refractivity contribution is 9.10. The average molecular weight is 500 g/mol. The number of hydrogen-bond donors (Lipinski definition) is 0. The highest BCUT2D eigenvalue weighted by atomic mass is 79.9. The monoisotopic (exact) mass is 498 g/mol. The lowest BCUT2D eigenvalue weighted by Crippen LogP contribution is -2.08. The first-order valence-corrected chi connectivity index (χ1v) is 9.90. The first-order chi connectivity index (χ1) is 13.5. The Morgan fingerprint density at radius 2 is 1.71 bits per heavy atom. The van der Waals surface area contributed by atoms with E-state index in [1.54, 1.807) is 48.5 Å². The molecule has 0 bridgehead atoms. The fourth-order valence-electron chi connectivity index (χ4n) is 2.72. The molecule has 28 heavy (non-hydrogen) atoms. The van der Waals surface area contributed by atoms with Crippen LogP contribution >= 0.6 is 31.9 Å². The van der Waals surface area contributed by atoms with Crippen LogP contribution in [-0.4, -0.2) is 11.8 Å². The Morgan fingerprint density at radius 1 is 0.964 bits per heavy atom. The maximum absolute atomic E-state index is 12.6. The quantitative estimate of drug-likeness (QED) is 0.250. The van der Waals surface area contributed by atoms with E-state index >= 15 is 0 Å². The minimum Gasteiger partial charge on any atom is -0.452 e. The lowest BCUT2D eigenvalue weighted by molar-refractivity contribution is 0.0734. The van der Waals surface area contributed by atoms with Crippen LogP contribution in [0.4, 0.5) is 0 Å². The van der Waals surface area contributed by atoms with Crippen molar-refractivity contribution in [1.29, 1.82) is 0 Å². The van der Waals surface area contributed by atoms with E-state index < -0.39 is 5.97 Å². The van der Waals surface area contributed by atoms with Crippen LogP contribution in [-0.2, 0) is 0 Å². The molecule has 0 spiro atoms. The van der Waals surface area contributed by atoms with Gasteiger partial charge >= 0.3 is 5.97 Å². The zero-order chi connectivity index (χ0) is 19.7. The molecule has 0 fully saturated rings. The van der Waals surface area contributed by atoms with Crippen molar-refractivity contribution >= 4 is 49.7 Å². The van der Waals surface area contributed by atoms with E-state index in [0.717, 1.165) is 14.5 Å². The Kier molecular flexibility index (Phi) is 5.15. The van der Waals surface area contributed by atoms with Gasteiger partial charge in [-0.25, -0.2) is 4.79 Å². The minimum atomic E-state index is -0.485. The van der Waals surface area contributed by atoms with Gasteiger partial charge in [0.25, 0.3) is 0 Å². The molecule has 4 nitrogen and oxygen atoms in total. The second-order valence-electron chi connectivity index (χ2n) is 6.02. The Morgan fingerprint density at radius 3 is 2.46 bits per heavy atom. The second kappa shape index (κ2) is 7.73. The van der Waals surface area contributed by atoms with Crippen molar-refractivity contribution in [1.82, 2.24) is 0 Å². The summed E-state index contributed by atoms with van der Waals surface area (Å²) >= 11 is 6.78. The van der Waals surface area contributed by atoms with Crippen molar-refractivity contribution in [3.05, 3.63) is 98.1 Å². The molecule has 3 aromatic carbocycles. The highest BCUT2D eigenvalue weighted by Gasteiger charge is 2.28. The van der Waals surface area contributed by atoms with E-state index in [1.165, 1.54) is 0 Å². The zero-order valence-corrected chi connectivity index (χ0v) is 17.5. The molecule has 0 saturated heterocycles. The van der Waals surface area contributed by atoms with Crippen molar-refractivity contribution in [2.75, 3.05) is 0 Å². The Hall–Kier alpha value is -2.70. The summed E-state index contributed by atoms with van der Waals surface area (Å²) in [5.74, 6) is 0.196. The van der Waals surface area contributed by atoms with Gasteiger partial charge in [0.1, 0.15) is 11.5 Å². The first-order valence-electron chi connectivity index (χ1n) is 8.32. The molecule has 6 heteroatoms. The number of carbonyl (C=O) groups excluding carboxylic acids is 2. The van der Waals surface area contributed by atoms with Crippen LogP contribution in [0.1, 0.15) is 26.3 Å². The molecule has 0 aliphatic carbocycles. The van der Waals surface area contributed by atoms with Gasteiger partial charge in [-0.05, 0) is 54.1 Å². The van der Waals surface area contributed by atoms with Crippen LogP contribution in [0.25, 0.3) is 6.08 Å². The number of fused-ring (bicyclic) bond motifs is 1. The maximum atomic E-state index is 12.6. The number of halogens is 2. The predicted octanol–water partition coefficient (Wildman–Crippen LogP) is 6.05. The Bertz CT molecular complexity index is 1120. The highest BCUT2D eigenvalue weighted by Crippen LogP contribution is 2.35. The summed E-state index contributed by atoms with van der Waals surface area (Å²) in [5.41, 5.74) is 1.69. The summed E-state index contributed by atoms with van der Waals surface area (Å²) in [5, 5.41) is 0. The standard InChI is InChI=1S/C22H12Br2O4/c23-15-7-5-13(6-8-15)22(26)27-16-9-10-17-19(12-16)28-20(21(17)25)11-14-3-1-2-4-18(14)24/h1-12H. The number of hydrogen-bond acceptors (Lipinski definition) is 4. The number of rotatable bonds is 3. The van der Waals surface area contributed by atoms with Gasteiger partial charge in [0.05, 0.1) is 11.1 Å². The Labute approximate surface area is 178 Å². The number of Topliss-reactive ketones (excluding diaryl/α,β-unsaturated/α-hetero) is 1. The predicted molar refractivity (Wildman–Crippen MR) is 113 cm³/mol. The number of ether oxygens (including phenoxy) is 2. The van der Waals surface area contributed by atoms with Crippen molar-refractivity contribution in [2.24, 2.45) is 0 Å². The van der Waals surface area contributed by atoms with E-state index in [0.29, 0.717) is 22.6 Å². The summed E-state index contributed by atoms with van der Waals surface area (Å²) in [6.07, 6.45) is 1.68. The van der Waals surface area contributed by atoms with Gasteiger partial charge in [0.2, 0.25) is 5.78 Å². The smallest absolute Gasteiger partial charge is 0.343 e. The van der Waals surface area contributed by atoms with Gasteiger partial charge in [-0.2, -0.15) is 0 Å². The zero-order valence-electron chi connectivity index (χ0n) is 14.3. The number of allylic oxidation sites excluding steroid dienone is 1. The van der Waals surface area contributed by atoms with E-state index in [-0.39, 0.29) is 11.5 Å². The van der Waals surface area contributed by atoms with Gasteiger partial charge in [-0.1, -0.05) is 50.1 Å². The fourth-order valence-corrected chi connectivity index (χ4v) is 3.38. The summed E-state index contributed by atoms with van der Waals surface area (Å²) in [4.78, 5) is 24.8. The lowest BCUT2D eigenvalue weighted by Gasteiger charge is -2.06. The van der Waals surface area contributed by atoms with Crippen molar-refractivity contribution in [3.63, 3.8) is 0 Å². The van der Waals surface area contributed by atoms with Gasteiger partial charge in [0, 0.05) is 15.0 Å². The van der Waals surface area contributed by atoms with E-state index in [9.17, 15) is 9.59 Å². The van der Waals surface area contributed by atoms with Crippen molar-refractivity contribution in [3.8, 4) is 11.5 Å². The summed E-state index contributed by atoms with van der Waals surface area (Å²) in [7, 11) is 0. The second-order valence-corrected chi connectivity index (χ2v) is 7.79. The molecule has 0 radical (unpaired) electrons. The molecule has 4 rings (SSSR count). The molecule has 138 valence electrons. The number of ketones is 1. The summed E-state index contributed by atoms with van der Waals surface area (Å²) in [6, 6.07) is 19.1. The SMILES string of the molecule is O=C(Oc1ccc2c(c1)OC(=Cc1ccccc1Br)C2=O)c1ccc(Br)cc1. The van der Waals surface area contributed by atoms with Gasteiger partial charge < -0.3 is 9.47 Å². The minimum absolute atomic E-state index is 0.212. The molecule has 0 unspecified atom stereocenters. The van der Waals surface area contributed by atoms with E-state index in [2.05, 4.69) is 31.9 Å². The molecule has 1 heterocycles. The average Bonchev–Trinajstić information content (AvgIpc) is 2.99. The van der Waals surface area contributed by atoms with Crippen molar-refractivity contribution in [2.45, 2.75) is 0 Å². The summed E-state index contributed by atoms with van der Waals surface area (Å²) < 4.78 is 12.8. The van der Waals surface area contributed by atoms with Crippen molar-refractivity contribution < 1.29 is 19.1 Å². The number of esters is 1. The molecule has 0 amide bonds. The molecular formula is C22H12Br2O4. The van der Waals surface area contributed by atoms with Crippen LogP contribution in [0, 0.1) is 0 Å². The van der Waals surface area contributed by atoms with Crippen LogP contribution in [0.5, 0.6) is 11.5 Å². The van der Waals surface area contributed by atoms with Gasteiger partial charge in [-0.3, -0.25) is 4.79 Å². The van der Waals surface area contributed by atoms with Gasteiger partial charge in [0.15, 0.2) is 5.76 Å². The van der Waals surface area contributed by atoms with E-state index in [1.807, 2.05) is 24.3 Å². The number of carbonyl (C=O) groups is 2. The first kappa shape index (κ1) is 18.7. The summed E-state index contributed by atoms with van der Waals surface area (Å²) in [6.45, 7) is 0. The molecule has 0 aromatic heterocycles. The molecule has 1 aliphatic rings. The lowest BCUT2D eigenvalue weighted by atomic mass is 10.1. The Balaban J connectivity index is 1.56. The molecule has 3 aromatic rings. The third-order valence-corrected chi connectivity index (χ3v) is 5.37. The molecule has 0 saturated carbocycles. The normalized spacial score (nSPS) is 13.9. The molecular weight excluding hydrogens is 488 g/mol.